The summed E-state index contributed by atoms with van der Waals surface area (Å²) in [4.78, 5) is 0. The minimum Gasteiger partial charge on any atom is -0.398 e. The van der Waals surface area contributed by atoms with Crippen LogP contribution in [0.1, 0.15) is 11.1 Å². The first-order valence-electron chi connectivity index (χ1n) is 5.39. The topological polar surface area (TPSA) is 38.0 Å². The van der Waals surface area contributed by atoms with Crippen molar-refractivity contribution in [1.29, 1.82) is 0 Å². The molecule has 2 nitrogen and oxygen atoms in total. The van der Waals surface area contributed by atoms with Crippen LogP contribution in [0.5, 0.6) is 0 Å². The van der Waals surface area contributed by atoms with Gasteiger partial charge in [0.25, 0.3) is 0 Å². The van der Waals surface area contributed by atoms with Gasteiger partial charge in [-0.2, -0.15) is 0 Å². The quantitative estimate of drug-likeness (QED) is 0.768. The molecule has 0 radical (unpaired) electrons. The van der Waals surface area contributed by atoms with E-state index in [2.05, 4.69) is 35.6 Å². The smallest absolute Gasteiger partial charge is 0.0349 e. The number of anilines is 2. The molecule has 2 heteroatoms. The third-order valence-corrected chi connectivity index (χ3v) is 2.69. The molecule has 0 saturated heterocycles. The average Bonchev–Trinajstić information content (AvgIpc) is 2.33. The summed E-state index contributed by atoms with van der Waals surface area (Å²) in [6, 6.07) is 16.4. The van der Waals surface area contributed by atoms with Crippen LogP contribution in [-0.2, 0) is 6.42 Å². The van der Waals surface area contributed by atoms with Crippen molar-refractivity contribution in [2.75, 3.05) is 18.1 Å². The number of hydrogen-bond acceptors (Lipinski definition) is 2. The first-order chi connectivity index (χ1) is 7.79. The zero-order valence-corrected chi connectivity index (χ0v) is 9.40. The first-order valence-corrected chi connectivity index (χ1v) is 5.39. The minimum absolute atomic E-state index is 0.861. The maximum Gasteiger partial charge on any atom is 0.0349 e. The molecular weight excluding hydrogens is 196 g/mol. The number of para-hydroxylation sites is 1. The highest BCUT2D eigenvalue weighted by Gasteiger charge is 1.99. The Balaban J connectivity index is 2.18. The molecule has 2 rings (SSSR count). The van der Waals surface area contributed by atoms with Crippen molar-refractivity contribution >= 4 is 11.4 Å². The van der Waals surface area contributed by atoms with Crippen LogP contribution in [0.4, 0.5) is 11.4 Å². The highest BCUT2D eigenvalue weighted by Crippen LogP contribution is 2.17. The molecule has 0 heterocycles. The second kappa shape index (κ2) is 4.71. The summed E-state index contributed by atoms with van der Waals surface area (Å²) in [5.74, 6) is 0. The van der Waals surface area contributed by atoms with Gasteiger partial charge in [0.05, 0.1) is 0 Å². The van der Waals surface area contributed by atoms with Crippen LogP contribution in [0.25, 0.3) is 0 Å². The molecule has 0 aliphatic carbocycles. The number of nitrogens with two attached hydrogens (primary N) is 1. The Kier molecular flexibility index (Phi) is 3.10. The third kappa shape index (κ3) is 2.34. The largest absolute Gasteiger partial charge is 0.398 e. The van der Waals surface area contributed by atoms with Crippen molar-refractivity contribution in [3.05, 3.63) is 59.7 Å². The molecule has 0 spiro atoms. The van der Waals surface area contributed by atoms with Crippen LogP contribution >= 0.6 is 0 Å². The Morgan fingerprint density at radius 1 is 1.00 bits per heavy atom. The van der Waals surface area contributed by atoms with Crippen LogP contribution in [0.3, 0.4) is 0 Å². The summed E-state index contributed by atoms with van der Waals surface area (Å²) in [7, 11) is 1.92. The Labute approximate surface area is 96.1 Å². The molecule has 2 aromatic carbocycles. The van der Waals surface area contributed by atoms with E-state index in [0.29, 0.717) is 0 Å². The minimum atomic E-state index is 0.861. The molecule has 0 atom stereocenters. The van der Waals surface area contributed by atoms with Gasteiger partial charge >= 0.3 is 0 Å². The average molecular weight is 212 g/mol. The van der Waals surface area contributed by atoms with Crippen molar-refractivity contribution in [1.82, 2.24) is 0 Å². The van der Waals surface area contributed by atoms with E-state index < -0.39 is 0 Å². The van der Waals surface area contributed by atoms with Crippen LogP contribution in [0.2, 0.25) is 0 Å². The highest BCUT2D eigenvalue weighted by atomic mass is 14.8. The number of hydrogen-bond donors (Lipinski definition) is 2. The zero-order valence-electron chi connectivity index (χ0n) is 9.40. The van der Waals surface area contributed by atoms with Gasteiger partial charge in [0.2, 0.25) is 0 Å². The van der Waals surface area contributed by atoms with E-state index in [9.17, 15) is 0 Å². The molecule has 0 unspecified atom stereocenters. The number of benzene rings is 2. The Morgan fingerprint density at radius 2 is 1.69 bits per heavy atom. The molecule has 82 valence electrons. The Morgan fingerprint density at radius 3 is 2.31 bits per heavy atom. The van der Waals surface area contributed by atoms with Crippen molar-refractivity contribution < 1.29 is 0 Å². The van der Waals surface area contributed by atoms with Crippen LogP contribution < -0.4 is 11.1 Å². The molecular formula is C14H16N2. The van der Waals surface area contributed by atoms with Gasteiger partial charge in [-0.15, -0.1) is 0 Å². The van der Waals surface area contributed by atoms with Gasteiger partial charge in [0, 0.05) is 18.4 Å². The molecule has 0 saturated carbocycles. The normalized spacial score (nSPS) is 10.1. The summed E-state index contributed by atoms with van der Waals surface area (Å²) in [6.45, 7) is 0. The van der Waals surface area contributed by atoms with Crippen LogP contribution in [0, 0.1) is 0 Å². The van der Waals surface area contributed by atoms with E-state index in [4.69, 9.17) is 5.73 Å². The van der Waals surface area contributed by atoms with Crippen molar-refractivity contribution in [3.8, 4) is 0 Å². The molecule has 16 heavy (non-hydrogen) atoms. The van der Waals surface area contributed by atoms with E-state index in [1.165, 1.54) is 11.1 Å². The van der Waals surface area contributed by atoms with Gasteiger partial charge in [-0.25, -0.2) is 0 Å². The molecule has 0 fully saturated rings. The van der Waals surface area contributed by atoms with Crippen molar-refractivity contribution in [2.45, 2.75) is 6.42 Å². The van der Waals surface area contributed by atoms with Crippen molar-refractivity contribution in [2.24, 2.45) is 0 Å². The molecule has 0 aliphatic heterocycles. The molecule has 0 aliphatic rings. The SMILES string of the molecule is CNc1ccc(Cc2ccccc2N)cc1. The van der Waals surface area contributed by atoms with E-state index in [0.717, 1.165) is 17.8 Å². The van der Waals surface area contributed by atoms with E-state index in [1.807, 2.05) is 25.2 Å². The maximum absolute atomic E-state index is 5.91. The molecule has 0 amide bonds. The lowest BCUT2D eigenvalue weighted by molar-refractivity contribution is 1.20. The van der Waals surface area contributed by atoms with E-state index in [-0.39, 0.29) is 0 Å². The molecule has 2 aromatic rings. The summed E-state index contributed by atoms with van der Waals surface area (Å²) in [5.41, 5.74) is 10.4. The van der Waals surface area contributed by atoms with Crippen molar-refractivity contribution in [3.63, 3.8) is 0 Å². The fourth-order valence-electron chi connectivity index (χ4n) is 1.70. The fourth-order valence-corrected chi connectivity index (χ4v) is 1.70. The molecule has 0 bridgehead atoms. The van der Waals surface area contributed by atoms with E-state index in [1.54, 1.807) is 0 Å². The van der Waals surface area contributed by atoms with E-state index >= 15 is 0 Å². The standard InChI is InChI=1S/C14H16N2/c1-16-13-8-6-11(7-9-13)10-12-4-2-3-5-14(12)15/h2-9,16H,10,15H2,1H3. The summed E-state index contributed by atoms with van der Waals surface area (Å²) < 4.78 is 0. The van der Waals surface area contributed by atoms with Gasteiger partial charge in [-0.1, -0.05) is 30.3 Å². The highest BCUT2D eigenvalue weighted by molar-refractivity contribution is 5.50. The van der Waals surface area contributed by atoms with Gasteiger partial charge in [-0.05, 0) is 35.7 Å². The second-order valence-corrected chi connectivity index (χ2v) is 3.82. The molecule has 3 N–H and O–H groups in total. The predicted octanol–water partition coefficient (Wildman–Crippen LogP) is 2.90. The second-order valence-electron chi connectivity index (χ2n) is 3.82. The number of nitrogen functional groups attached to an aromatic ring is 1. The Bertz CT molecular complexity index is 460. The van der Waals surface area contributed by atoms with Crippen LogP contribution in [0.15, 0.2) is 48.5 Å². The summed E-state index contributed by atoms with van der Waals surface area (Å²) >= 11 is 0. The summed E-state index contributed by atoms with van der Waals surface area (Å²) in [6.07, 6.45) is 0.886. The fraction of sp³-hybridized carbons (Fsp3) is 0.143. The predicted molar refractivity (Wildman–Crippen MR) is 69.6 cm³/mol. The lowest BCUT2D eigenvalue weighted by Crippen LogP contribution is -1.95. The van der Waals surface area contributed by atoms with Gasteiger partial charge in [0.1, 0.15) is 0 Å². The lowest BCUT2D eigenvalue weighted by atomic mass is 10.0. The van der Waals surface area contributed by atoms with Gasteiger partial charge in [0.15, 0.2) is 0 Å². The molecule has 0 aromatic heterocycles. The third-order valence-electron chi connectivity index (χ3n) is 2.69. The monoisotopic (exact) mass is 212 g/mol. The Hall–Kier alpha value is -1.96. The van der Waals surface area contributed by atoms with Gasteiger partial charge < -0.3 is 11.1 Å². The zero-order chi connectivity index (χ0) is 11.4. The first kappa shape index (κ1) is 10.6. The maximum atomic E-state index is 5.91. The van der Waals surface area contributed by atoms with Gasteiger partial charge in [-0.3, -0.25) is 0 Å². The van der Waals surface area contributed by atoms with Crippen LogP contribution in [-0.4, -0.2) is 7.05 Å². The summed E-state index contributed by atoms with van der Waals surface area (Å²) in [5, 5.41) is 3.10. The lowest BCUT2D eigenvalue weighted by Gasteiger charge is -2.06. The number of nitrogens with one attached hydrogen (secondary N) is 1. The number of rotatable bonds is 3.